The second-order valence-electron chi connectivity index (χ2n) is 7.09. The molecule has 1 aliphatic rings. The number of nitrogens with one attached hydrogen (secondary N) is 1. The molecule has 0 spiro atoms. The number of amides is 1. The number of ether oxygens (including phenoxy) is 1. The highest BCUT2D eigenvalue weighted by molar-refractivity contribution is 5.80. The van der Waals surface area contributed by atoms with Gasteiger partial charge in [0.1, 0.15) is 6.61 Å². The van der Waals surface area contributed by atoms with Gasteiger partial charge < -0.3 is 10.1 Å². The monoisotopic (exact) mass is 389 g/mol. The minimum atomic E-state index is -0.551. The Morgan fingerprint density at radius 3 is 2.62 bits per heavy atom. The van der Waals surface area contributed by atoms with E-state index < -0.39 is 6.04 Å². The van der Waals surface area contributed by atoms with Crippen LogP contribution in [0.3, 0.4) is 0 Å². The molecule has 6 nitrogen and oxygen atoms in total. The predicted molar refractivity (Wildman–Crippen MR) is 110 cm³/mol. The minimum absolute atomic E-state index is 0.0602. The lowest BCUT2D eigenvalue weighted by atomic mass is 10.1. The average Bonchev–Trinajstić information content (AvgIpc) is 3.17. The van der Waals surface area contributed by atoms with E-state index in [0.717, 1.165) is 16.5 Å². The summed E-state index contributed by atoms with van der Waals surface area (Å²) in [5, 5.41) is 8.51. The number of esters is 1. The summed E-state index contributed by atoms with van der Waals surface area (Å²) < 4.78 is 7.32. The largest absolute Gasteiger partial charge is 0.462 e. The molecule has 4 rings (SSSR count). The third-order valence-electron chi connectivity index (χ3n) is 5.02. The molecule has 1 aliphatic heterocycles. The van der Waals surface area contributed by atoms with Crippen molar-refractivity contribution in [1.82, 2.24) is 15.1 Å². The zero-order valence-corrected chi connectivity index (χ0v) is 16.0. The van der Waals surface area contributed by atoms with Crippen LogP contribution >= 0.6 is 0 Å². The average molecular weight is 389 g/mol. The Labute approximate surface area is 169 Å². The van der Waals surface area contributed by atoms with Crippen LogP contribution in [0.15, 0.2) is 72.9 Å². The lowest BCUT2D eigenvalue weighted by molar-refractivity contribution is -0.149. The number of nitrogens with zero attached hydrogens (tertiary/aromatic N) is 2. The van der Waals surface area contributed by atoms with Crippen molar-refractivity contribution in [1.29, 1.82) is 0 Å². The fourth-order valence-electron chi connectivity index (χ4n) is 3.45. The van der Waals surface area contributed by atoms with Crippen molar-refractivity contribution in [3.63, 3.8) is 0 Å². The van der Waals surface area contributed by atoms with Gasteiger partial charge in [-0.05, 0) is 24.5 Å². The summed E-state index contributed by atoms with van der Waals surface area (Å²) in [7, 11) is 0. The highest BCUT2D eigenvalue weighted by Gasteiger charge is 2.25. The summed E-state index contributed by atoms with van der Waals surface area (Å²) in [5.41, 5.74) is 1.74. The van der Waals surface area contributed by atoms with Gasteiger partial charge in [0.15, 0.2) is 6.04 Å². The highest BCUT2D eigenvalue weighted by Crippen LogP contribution is 2.21. The van der Waals surface area contributed by atoms with Crippen LogP contribution in [0, 0.1) is 0 Å². The van der Waals surface area contributed by atoms with E-state index in [1.807, 2.05) is 72.9 Å². The van der Waals surface area contributed by atoms with Gasteiger partial charge in [-0.25, -0.2) is 4.79 Å². The van der Waals surface area contributed by atoms with Crippen LogP contribution < -0.4 is 5.32 Å². The van der Waals surface area contributed by atoms with E-state index in [1.54, 1.807) is 4.68 Å². The summed E-state index contributed by atoms with van der Waals surface area (Å²) in [6, 6.07) is 16.4. The van der Waals surface area contributed by atoms with Gasteiger partial charge in [-0.1, -0.05) is 60.7 Å². The second-order valence-corrected chi connectivity index (χ2v) is 7.09. The van der Waals surface area contributed by atoms with Gasteiger partial charge in [-0.3, -0.25) is 9.48 Å². The molecule has 1 amide bonds. The number of benzene rings is 2. The molecule has 0 saturated heterocycles. The first-order valence-corrected chi connectivity index (χ1v) is 9.80. The number of aromatic nitrogens is 2. The molecule has 0 aliphatic carbocycles. The molecule has 0 saturated carbocycles. The third-order valence-corrected chi connectivity index (χ3v) is 5.02. The molecule has 1 N–H and O–H groups in total. The van der Waals surface area contributed by atoms with Gasteiger partial charge >= 0.3 is 5.97 Å². The number of allylic oxidation sites excluding steroid dienone is 2. The number of carbonyl (C=O) groups excluding carboxylic acids is 2. The van der Waals surface area contributed by atoms with E-state index in [9.17, 15) is 9.59 Å². The molecular formula is C23H23N3O3. The second kappa shape index (κ2) is 8.73. The van der Waals surface area contributed by atoms with Crippen molar-refractivity contribution in [2.75, 3.05) is 6.61 Å². The molecular weight excluding hydrogens is 366 g/mol. The molecule has 148 valence electrons. The van der Waals surface area contributed by atoms with E-state index in [2.05, 4.69) is 10.4 Å². The van der Waals surface area contributed by atoms with Gasteiger partial charge in [-0.2, -0.15) is 5.10 Å². The Kier molecular flexibility index (Phi) is 5.70. The maximum absolute atomic E-state index is 12.9. The minimum Gasteiger partial charge on any atom is -0.462 e. The quantitative estimate of drug-likeness (QED) is 0.536. The van der Waals surface area contributed by atoms with Gasteiger partial charge in [0.2, 0.25) is 5.91 Å². The summed E-state index contributed by atoms with van der Waals surface area (Å²) in [6.45, 7) is 0.0790. The first kappa shape index (κ1) is 18.9. The molecule has 0 bridgehead atoms. The van der Waals surface area contributed by atoms with E-state index in [1.165, 1.54) is 0 Å². The van der Waals surface area contributed by atoms with Crippen LogP contribution in [0.25, 0.3) is 10.9 Å². The topological polar surface area (TPSA) is 73.2 Å². The molecule has 0 fully saturated rings. The van der Waals surface area contributed by atoms with Crippen molar-refractivity contribution in [3.05, 3.63) is 78.5 Å². The van der Waals surface area contributed by atoms with E-state index in [-0.39, 0.29) is 24.5 Å². The van der Waals surface area contributed by atoms with Crippen LogP contribution in [0.4, 0.5) is 0 Å². The first-order chi connectivity index (χ1) is 14.2. The Hall–Kier alpha value is -3.41. The molecule has 1 aromatic heterocycles. The number of rotatable bonds is 2. The van der Waals surface area contributed by atoms with Crippen LogP contribution in [0.2, 0.25) is 0 Å². The molecule has 2 aromatic carbocycles. The summed E-state index contributed by atoms with van der Waals surface area (Å²) in [4.78, 5) is 25.2. The van der Waals surface area contributed by atoms with Gasteiger partial charge in [0, 0.05) is 18.0 Å². The predicted octanol–water partition coefficient (Wildman–Crippen LogP) is 3.72. The van der Waals surface area contributed by atoms with E-state index in [4.69, 9.17) is 4.74 Å². The maximum Gasteiger partial charge on any atom is 0.331 e. The molecule has 2 heterocycles. The third kappa shape index (κ3) is 4.54. The van der Waals surface area contributed by atoms with Crippen LogP contribution in [0.1, 0.15) is 36.9 Å². The first-order valence-electron chi connectivity index (χ1n) is 9.80. The van der Waals surface area contributed by atoms with Crippen molar-refractivity contribution < 1.29 is 14.3 Å². The van der Waals surface area contributed by atoms with E-state index in [0.29, 0.717) is 19.3 Å². The fourth-order valence-corrected chi connectivity index (χ4v) is 3.45. The Morgan fingerprint density at radius 2 is 1.79 bits per heavy atom. The summed E-state index contributed by atoms with van der Waals surface area (Å²) >= 11 is 0. The van der Waals surface area contributed by atoms with Crippen molar-refractivity contribution in [3.8, 4) is 0 Å². The zero-order chi connectivity index (χ0) is 20.1. The van der Waals surface area contributed by atoms with Gasteiger partial charge in [0.05, 0.1) is 11.6 Å². The van der Waals surface area contributed by atoms with Crippen molar-refractivity contribution >= 4 is 22.8 Å². The number of fused-ring (bicyclic) bond motifs is 1. The van der Waals surface area contributed by atoms with E-state index >= 15 is 0 Å². The lowest BCUT2D eigenvalue weighted by Gasteiger charge is -2.22. The molecule has 3 aromatic rings. The number of carbonyl (C=O) groups is 2. The number of hydrogen-bond acceptors (Lipinski definition) is 4. The molecule has 29 heavy (non-hydrogen) atoms. The smallest absolute Gasteiger partial charge is 0.331 e. The van der Waals surface area contributed by atoms with Crippen LogP contribution in [-0.2, 0) is 14.3 Å². The number of cyclic esters (lactones) is 1. The Morgan fingerprint density at radius 1 is 1.00 bits per heavy atom. The summed E-state index contributed by atoms with van der Waals surface area (Å²) in [5.74, 6) is -0.423. The maximum atomic E-state index is 12.9. The zero-order valence-electron chi connectivity index (χ0n) is 16.0. The van der Waals surface area contributed by atoms with Gasteiger partial charge in [-0.15, -0.1) is 0 Å². The molecule has 2 atom stereocenters. The standard InChI is InChI=1S/C23H23N3O3/c27-22-14-6-2-5-13-21(26-15-18-11-7-8-12-19(18)25-26)23(28)29-16-20(24-22)17-9-3-1-4-10-17/h1-5,7-12,15,20-21H,6,13-14,16H2,(H,24,27)/b5-2+/t20-,21+/m0/s1. The summed E-state index contributed by atoms with van der Waals surface area (Å²) in [6.07, 6.45) is 7.20. The van der Waals surface area contributed by atoms with Gasteiger partial charge in [0.25, 0.3) is 0 Å². The Balaban J connectivity index is 1.60. The molecule has 0 unspecified atom stereocenters. The Bertz CT molecular complexity index is 993. The molecule has 6 heteroatoms. The fraction of sp³-hybridized carbons (Fsp3) is 0.261. The van der Waals surface area contributed by atoms with Crippen molar-refractivity contribution in [2.24, 2.45) is 0 Å². The number of hydrogen-bond donors (Lipinski definition) is 1. The SMILES string of the molecule is O=C1CC/C=C/C[C@@H](n2cc3ccccc3n2)C(=O)OC[C@@H](c2ccccc2)N1. The lowest BCUT2D eigenvalue weighted by Crippen LogP contribution is -2.33. The van der Waals surface area contributed by atoms with Crippen LogP contribution in [-0.4, -0.2) is 28.3 Å². The molecule has 0 radical (unpaired) electrons. The highest BCUT2D eigenvalue weighted by atomic mass is 16.5. The van der Waals surface area contributed by atoms with Crippen molar-refractivity contribution in [2.45, 2.75) is 31.3 Å². The van der Waals surface area contributed by atoms with Crippen LogP contribution in [0.5, 0.6) is 0 Å². The normalized spacial score (nSPS) is 22.2.